The maximum Gasteiger partial charge on any atom is 0.137 e. The zero-order valence-corrected chi connectivity index (χ0v) is 11.1. The van der Waals surface area contributed by atoms with E-state index in [2.05, 4.69) is 48.5 Å². The molecule has 0 bridgehead atoms. The molecule has 0 atom stereocenters. The fourth-order valence-corrected chi connectivity index (χ4v) is 1.86. The zero-order valence-electron chi connectivity index (χ0n) is 8.95. The molecule has 3 nitrogen and oxygen atoms in total. The maximum atomic E-state index is 9.71. The molecule has 0 aliphatic heterocycles. The van der Waals surface area contributed by atoms with Gasteiger partial charge in [-0.05, 0) is 45.7 Å². The van der Waals surface area contributed by atoms with Crippen molar-refractivity contribution in [3.05, 3.63) is 26.8 Å². The van der Waals surface area contributed by atoms with E-state index in [0.717, 1.165) is 9.13 Å². The molecule has 0 amide bonds. The molecule has 1 aromatic carbocycles. The Balaban J connectivity index is 3.36. The van der Waals surface area contributed by atoms with E-state index in [1.54, 1.807) is 0 Å². The molecule has 0 fully saturated rings. The summed E-state index contributed by atoms with van der Waals surface area (Å²) >= 11 is 2.06. The van der Waals surface area contributed by atoms with Crippen molar-refractivity contribution in [1.82, 2.24) is 0 Å². The largest absolute Gasteiger partial charge is 0.506 e. The number of benzene rings is 1. The molecular weight excluding hydrogens is 305 g/mol. The van der Waals surface area contributed by atoms with Crippen LogP contribution in [-0.2, 0) is 5.41 Å². The van der Waals surface area contributed by atoms with Crippen molar-refractivity contribution >= 4 is 28.8 Å². The standard InChI is InChI=1S/C11H14INO2/c1-11(2,3)8-4-7(6-13-15)10(14)9(12)5-8/h4-6,14-15H,1-3H3/b13-6+. The molecule has 0 aromatic heterocycles. The minimum Gasteiger partial charge on any atom is -0.506 e. The van der Waals surface area contributed by atoms with Crippen molar-refractivity contribution in [1.29, 1.82) is 0 Å². The lowest BCUT2D eigenvalue weighted by molar-refractivity contribution is 0.321. The third kappa shape index (κ3) is 2.84. The number of aromatic hydroxyl groups is 1. The first kappa shape index (κ1) is 12.3. The summed E-state index contributed by atoms with van der Waals surface area (Å²) in [5.41, 5.74) is 1.64. The zero-order chi connectivity index (χ0) is 11.6. The summed E-state index contributed by atoms with van der Waals surface area (Å²) in [7, 11) is 0. The topological polar surface area (TPSA) is 52.8 Å². The quantitative estimate of drug-likeness (QED) is 0.362. The van der Waals surface area contributed by atoms with Crippen LogP contribution in [-0.4, -0.2) is 16.5 Å². The van der Waals surface area contributed by atoms with E-state index in [-0.39, 0.29) is 11.2 Å². The molecule has 0 aliphatic carbocycles. The first-order valence-electron chi connectivity index (χ1n) is 4.56. The highest BCUT2D eigenvalue weighted by Gasteiger charge is 2.17. The van der Waals surface area contributed by atoms with E-state index in [4.69, 9.17) is 5.21 Å². The van der Waals surface area contributed by atoms with Gasteiger partial charge in [0.1, 0.15) is 5.75 Å². The van der Waals surface area contributed by atoms with Crippen LogP contribution in [0.15, 0.2) is 17.3 Å². The van der Waals surface area contributed by atoms with Crippen LogP contribution in [0.2, 0.25) is 0 Å². The number of hydrogen-bond donors (Lipinski definition) is 2. The second-order valence-corrected chi connectivity index (χ2v) is 5.55. The average Bonchev–Trinajstić information content (AvgIpc) is 2.11. The molecule has 0 saturated carbocycles. The number of rotatable bonds is 1. The SMILES string of the molecule is CC(C)(C)c1cc(I)c(O)c(/C=N/O)c1. The molecule has 0 aliphatic rings. The third-order valence-corrected chi connectivity index (χ3v) is 2.98. The highest BCUT2D eigenvalue weighted by atomic mass is 127. The molecule has 4 heteroatoms. The van der Waals surface area contributed by atoms with Gasteiger partial charge >= 0.3 is 0 Å². The Morgan fingerprint density at radius 2 is 1.93 bits per heavy atom. The number of phenols is 1. The van der Waals surface area contributed by atoms with Crippen LogP contribution in [0.4, 0.5) is 0 Å². The number of phenolic OH excluding ortho intramolecular Hbond substituents is 1. The van der Waals surface area contributed by atoms with Crippen molar-refractivity contribution in [3.63, 3.8) is 0 Å². The van der Waals surface area contributed by atoms with Crippen molar-refractivity contribution in [3.8, 4) is 5.75 Å². The average molecular weight is 319 g/mol. The highest BCUT2D eigenvalue weighted by Crippen LogP contribution is 2.30. The molecule has 2 N–H and O–H groups in total. The fourth-order valence-electron chi connectivity index (χ4n) is 1.21. The van der Waals surface area contributed by atoms with E-state index in [9.17, 15) is 5.11 Å². The van der Waals surface area contributed by atoms with Crippen LogP contribution in [0.3, 0.4) is 0 Å². The molecule has 1 rings (SSSR count). The molecule has 15 heavy (non-hydrogen) atoms. The first-order valence-corrected chi connectivity index (χ1v) is 5.64. The van der Waals surface area contributed by atoms with Crippen LogP contribution < -0.4 is 0 Å². The van der Waals surface area contributed by atoms with Gasteiger partial charge in [-0.2, -0.15) is 0 Å². The van der Waals surface area contributed by atoms with Crippen molar-refractivity contribution in [2.24, 2.45) is 5.16 Å². The van der Waals surface area contributed by atoms with E-state index >= 15 is 0 Å². The normalized spacial score (nSPS) is 12.3. The molecular formula is C11H14INO2. The number of oxime groups is 1. The predicted molar refractivity (Wildman–Crippen MR) is 68.9 cm³/mol. The Bertz CT molecular complexity index is 394. The van der Waals surface area contributed by atoms with Crippen molar-refractivity contribution in [2.45, 2.75) is 26.2 Å². The minimum absolute atomic E-state index is 0.00562. The van der Waals surface area contributed by atoms with Gasteiger partial charge in [-0.25, -0.2) is 0 Å². The molecule has 0 unspecified atom stereocenters. The molecule has 0 spiro atoms. The Kier molecular flexibility index (Phi) is 3.59. The summed E-state index contributed by atoms with van der Waals surface area (Å²) in [5, 5.41) is 21.1. The van der Waals surface area contributed by atoms with Crippen LogP contribution in [0.25, 0.3) is 0 Å². The van der Waals surface area contributed by atoms with E-state index in [0.29, 0.717) is 5.56 Å². The molecule has 0 heterocycles. The van der Waals surface area contributed by atoms with Gasteiger partial charge in [-0.15, -0.1) is 0 Å². The van der Waals surface area contributed by atoms with Crippen LogP contribution in [0, 0.1) is 3.57 Å². The third-order valence-electron chi connectivity index (χ3n) is 2.16. The lowest BCUT2D eigenvalue weighted by atomic mass is 9.86. The number of halogens is 1. The van der Waals surface area contributed by atoms with E-state index in [1.165, 1.54) is 6.21 Å². The molecule has 82 valence electrons. The Morgan fingerprint density at radius 1 is 1.33 bits per heavy atom. The van der Waals surface area contributed by atoms with Gasteiger partial charge in [0.05, 0.1) is 9.78 Å². The van der Waals surface area contributed by atoms with Crippen LogP contribution >= 0.6 is 22.6 Å². The summed E-state index contributed by atoms with van der Waals surface area (Å²) in [5.74, 6) is 0.154. The lowest BCUT2D eigenvalue weighted by Crippen LogP contribution is -2.12. The second-order valence-electron chi connectivity index (χ2n) is 4.39. The number of hydrogen-bond acceptors (Lipinski definition) is 3. The van der Waals surface area contributed by atoms with Crippen LogP contribution in [0.1, 0.15) is 31.9 Å². The summed E-state index contributed by atoms with van der Waals surface area (Å²) in [6.07, 6.45) is 1.24. The fraction of sp³-hybridized carbons (Fsp3) is 0.364. The minimum atomic E-state index is 0.00562. The van der Waals surface area contributed by atoms with Gasteiger partial charge < -0.3 is 10.3 Å². The summed E-state index contributed by atoms with van der Waals surface area (Å²) < 4.78 is 0.759. The van der Waals surface area contributed by atoms with Gasteiger partial charge in [0, 0.05) is 5.56 Å². The smallest absolute Gasteiger partial charge is 0.137 e. The van der Waals surface area contributed by atoms with E-state index < -0.39 is 0 Å². The molecule has 1 aromatic rings. The van der Waals surface area contributed by atoms with Gasteiger partial charge in [0.2, 0.25) is 0 Å². The molecule has 0 saturated heterocycles. The van der Waals surface area contributed by atoms with Gasteiger partial charge in [0.15, 0.2) is 0 Å². The summed E-state index contributed by atoms with van der Waals surface area (Å²) in [4.78, 5) is 0. The number of nitrogens with zero attached hydrogens (tertiary/aromatic N) is 1. The van der Waals surface area contributed by atoms with Gasteiger partial charge in [-0.1, -0.05) is 25.9 Å². The van der Waals surface area contributed by atoms with Crippen molar-refractivity contribution in [2.75, 3.05) is 0 Å². The van der Waals surface area contributed by atoms with Crippen molar-refractivity contribution < 1.29 is 10.3 Å². The Labute approximate surface area is 103 Å². The predicted octanol–water partition coefficient (Wildman–Crippen LogP) is 3.10. The second kappa shape index (κ2) is 4.38. The molecule has 0 radical (unpaired) electrons. The van der Waals surface area contributed by atoms with Crippen LogP contribution in [0.5, 0.6) is 5.75 Å². The lowest BCUT2D eigenvalue weighted by Gasteiger charge is -2.20. The monoisotopic (exact) mass is 319 g/mol. The Morgan fingerprint density at radius 3 is 2.40 bits per heavy atom. The summed E-state index contributed by atoms with van der Waals surface area (Å²) in [6.45, 7) is 6.28. The van der Waals surface area contributed by atoms with Gasteiger partial charge in [-0.3, -0.25) is 0 Å². The summed E-state index contributed by atoms with van der Waals surface area (Å²) in [6, 6.07) is 3.77. The van der Waals surface area contributed by atoms with E-state index in [1.807, 2.05) is 12.1 Å². The highest BCUT2D eigenvalue weighted by molar-refractivity contribution is 14.1. The van der Waals surface area contributed by atoms with Gasteiger partial charge in [0.25, 0.3) is 0 Å². The Hall–Kier alpha value is -0.780. The maximum absolute atomic E-state index is 9.71. The first-order chi connectivity index (χ1) is 6.86.